The van der Waals surface area contributed by atoms with Crippen molar-refractivity contribution in [2.24, 2.45) is 0 Å². The summed E-state index contributed by atoms with van der Waals surface area (Å²) in [7, 11) is 0. The van der Waals surface area contributed by atoms with Crippen LogP contribution in [0.3, 0.4) is 0 Å². The summed E-state index contributed by atoms with van der Waals surface area (Å²) in [6.07, 6.45) is 0.763. The van der Waals surface area contributed by atoms with Crippen LogP contribution in [0.4, 0.5) is 0 Å². The second kappa shape index (κ2) is 29.2. The van der Waals surface area contributed by atoms with Crippen LogP contribution >= 0.6 is 0 Å². The molecule has 0 amide bonds. The van der Waals surface area contributed by atoms with Crippen molar-refractivity contribution >= 4 is 52.6 Å². The van der Waals surface area contributed by atoms with Crippen LogP contribution < -0.4 is 15.3 Å². The summed E-state index contributed by atoms with van der Waals surface area (Å²) in [6.45, 7) is 31.6. The smallest absolute Gasteiger partial charge is 0.550 e. The number of ketones is 3. The predicted octanol–water partition coefficient (Wildman–Crippen LogP) is 2.07. The Balaban J connectivity index is -0.000000351. The van der Waals surface area contributed by atoms with Gasteiger partial charge < -0.3 is 58.1 Å². The van der Waals surface area contributed by atoms with Crippen LogP contribution in [0.2, 0.25) is 0 Å². The Morgan fingerprint density at radius 3 is 0.655 bits per heavy atom. The molecule has 0 heterocycles. The van der Waals surface area contributed by atoms with Gasteiger partial charge in [0, 0.05) is 37.2 Å². The van der Waals surface area contributed by atoms with Gasteiger partial charge in [0.2, 0.25) is 17.4 Å². The van der Waals surface area contributed by atoms with E-state index in [1.54, 1.807) is 83.1 Å². The first-order valence-electron chi connectivity index (χ1n) is 17.8. The van der Waals surface area contributed by atoms with E-state index in [0.717, 1.165) is 0 Å². The number of hydrogen-bond acceptors (Lipinski definition) is 15. The molecule has 0 rings (SSSR count). The van der Waals surface area contributed by atoms with Crippen LogP contribution in [0.15, 0.2) is 38.0 Å². The molecule has 0 aliphatic carbocycles. The number of carbonyl (C=O) groups excluding carboxylic acids is 6. The molecule has 0 aliphatic heterocycles. The zero-order valence-electron chi connectivity index (χ0n) is 34.8. The Morgan fingerprint density at radius 1 is 0.418 bits per heavy atom. The molecule has 0 aromatic heterocycles. The number of carboxylic acid groups (broad SMARTS) is 3. The molecule has 15 nitrogen and oxygen atoms in total. The monoisotopic (exact) mass is 798 g/mol. The maximum atomic E-state index is 12.0. The van der Waals surface area contributed by atoms with Crippen molar-refractivity contribution in [3.8, 4) is 0 Å². The molecular formula is C39H63AlO15. The third-order valence-electron chi connectivity index (χ3n) is 5.98. The van der Waals surface area contributed by atoms with Gasteiger partial charge in [-0.1, -0.05) is 18.2 Å². The summed E-state index contributed by atoms with van der Waals surface area (Å²) >= 11 is 0. The molecule has 0 aliphatic rings. The van der Waals surface area contributed by atoms with Gasteiger partial charge >= 0.3 is 17.4 Å². The normalized spacial score (nSPS) is 11.7. The molecule has 55 heavy (non-hydrogen) atoms. The summed E-state index contributed by atoms with van der Waals surface area (Å²) in [5.74, 6) is -11.1. The minimum atomic E-state index is -1.59. The molecule has 0 unspecified atom stereocenters. The fraction of sp³-hybridized carbons (Fsp3) is 0.692. The quantitative estimate of drug-likeness (QED) is 0.0502. The zero-order valence-corrected chi connectivity index (χ0v) is 35.9. The minimum Gasteiger partial charge on any atom is -0.550 e. The van der Waals surface area contributed by atoms with Crippen molar-refractivity contribution in [3.05, 3.63) is 38.0 Å². The molecule has 0 saturated carbocycles. The SMILES string of the molecule is C=CCC(OC(C)C)(OC(C)C)C(=O)CC(=O)[O-].C=CCC(OC(C)C)(OC(C)C)C(=O)CC(=O)[O-].C=CCC(OC(C)C)(OC(C)C)C(=O)CC(=O)[O-].[Al+3]. The van der Waals surface area contributed by atoms with Crippen LogP contribution in [-0.2, 0) is 57.2 Å². The van der Waals surface area contributed by atoms with Crippen LogP contribution in [0.5, 0.6) is 0 Å². The maximum Gasteiger partial charge on any atom is 3.00 e. The molecule has 0 fully saturated rings. The average molecular weight is 799 g/mol. The van der Waals surface area contributed by atoms with E-state index >= 15 is 0 Å². The third-order valence-corrected chi connectivity index (χ3v) is 5.98. The van der Waals surface area contributed by atoms with Crippen molar-refractivity contribution < 1.29 is 72.5 Å². The number of Topliss-reactive ketones (excluding diaryl/α,β-unsaturated/α-hetero) is 3. The molecule has 0 atom stereocenters. The van der Waals surface area contributed by atoms with Crippen molar-refractivity contribution in [1.29, 1.82) is 0 Å². The van der Waals surface area contributed by atoms with E-state index in [2.05, 4.69) is 19.7 Å². The fourth-order valence-corrected chi connectivity index (χ4v) is 4.76. The second-order valence-corrected chi connectivity index (χ2v) is 13.7. The summed E-state index contributed by atoms with van der Waals surface area (Å²) in [5, 5.41) is 31.7. The van der Waals surface area contributed by atoms with Crippen molar-refractivity contribution in [2.45, 2.75) is 176 Å². The van der Waals surface area contributed by atoms with Crippen molar-refractivity contribution in [3.63, 3.8) is 0 Å². The largest absolute Gasteiger partial charge is 3.00 e. The Labute approximate surface area is 337 Å². The van der Waals surface area contributed by atoms with Crippen LogP contribution in [0.1, 0.15) is 122 Å². The molecule has 0 aromatic carbocycles. The van der Waals surface area contributed by atoms with Crippen LogP contribution in [0.25, 0.3) is 0 Å². The molecule has 0 radical (unpaired) electrons. The Hall–Kier alpha value is -3.07. The number of hydrogen-bond donors (Lipinski definition) is 0. The van der Waals surface area contributed by atoms with E-state index in [-0.39, 0.29) is 73.2 Å². The molecule has 0 aromatic rings. The summed E-state index contributed by atoms with van der Waals surface area (Å²) in [5.41, 5.74) is 0. The molecule has 16 heteroatoms. The van der Waals surface area contributed by atoms with Gasteiger partial charge in [0.1, 0.15) is 0 Å². The Morgan fingerprint density at radius 2 is 0.564 bits per heavy atom. The average Bonchev–Trinajstić information content (AvgIpc) is 2.95. The first kappa shape index (κ1) is 58.6. The van der Waals surface area contributed by atoms with E-state index in [9.17, 15) is 44.1 Å². The van der Waals surface area contributed by atoms with Gasteiger partial charge in [-0.2, -0.15) is 0 Å². The number of carboxylic acids is 3. The number of aliphatic carboxylic acids is 3. The predicted molar refractivity (Wildman–Crippen MR) is 200 cm³/mol. The third kappa shape index (κ3) is 25.7. The zero-order chi connectivity index (χ0) is 43.0. The first-order valence-corrected chi connectivity index (χ1v) is 17.8. The van der Waals surface area contributed by atoms with Gasteiger partial charge in [-0.15, -0.1) is 19.7 Å². The van der Waals surface area contributed by atoms with Crippen LogP contribution in [0, 0.1) is 0 Å². The number of carbonyl (C=O) groups is 6. The van der Waals surface area contributed by atoms with Gasteiger partial charge in [-0.3, -0.25) is 14.4 Å². The molecule has 0 bridgehead atoms. The van der Waals surface area contributed by atoms with Gasteiger partial charge in [-0.05, 0) is 83.1 Å². The summed E-state index contributed by atoms with van der Waals surface area (Å²) in [4.78, 5) is 67.7. The summed E-state index contributed by atoms with van der Waals surface area (Å²) < 4.78 is 33.1. The molecule has 0 N–H and O–H groups in total. The topological polar surface area (TPSA) is 227 Å². The van der Waals surface area contributed by atoms with E-state index in [4.69, 9.17) is 28.4 Å². The molecule has 0 spiro atoms. The second-order valence-electron chi connectivity index (χ2n) is 13.7. The van der Waals surface area contributed by atoms with Crippen LogP contribution in [-0.4, -0.2) is 107 Å². The van der Waals surface area contributed by atoms with Gasteiger partial charge in [0.25, 0.3) is 0 Å². The van der Waals surface area contributed by atoms with Gasteiger partial charge in [-0.25, -0.2) is 0 Å². The fourth-order valence-electron chi connectivity index (χ4n) is 4.76. The maximum absolute atomic E-state index is 12.0. The van der Waals surface area contributed by atoms with Crippen molar-refractivity contribution in [1.82, 2.24) is 0 Å². The van der Waals surface area contributed by atoms with Crippen molar-refractivity contribution in [2.75, 3.05) is 0 Å². The first-order chi connectivity index (χ1) is 24.7. The molecular weight excluding hydrogens is 735 g/mol. The van der Waals surface area contributed by atoms with Gasteiger partial charge in [0.05, 0.1) is 55.9 Å². The van der Waals surface area contributed by atoms with E-state index < -0.39 is 71.9 Å². The van der Waals surface area contributed by atoms with E-state index in [1.165, 1.54) is 18.2 Å². The van der Waals surface area contributed by atoms with E-state index in [1.807, 2.05) is 0 Å². The van der Waals surface area contributed by atoms with Gasteiger partial charge in [0.15, 0.2) is 17.3 Å². The molecule has 312 valence electrons. The minimum absolute atomic E-state index is 0. The standard InChI is InChI=1S/3C13H22O5.Al/c3*1-6-7-13(17-9(2)3,18-10(4)5)11(14)8-12(15)16;/h3*6,9-10H,1,7-8H2,2-5H3,(H,15,16);/q;;;+3/p-3. The number of ether oxygens (including phenoxy) is 6. The Bertz CT molecular complexity index is 1040. The Kier molecular flexibility index (Phi) is 31.1. The van der Waals surface area contributed by atoms with E-state index in [0.29, 0.717) is 0 Å². The number of rotatable bonds is 27. The summed E-state index contributed by atoms with van der Waals surface area (Å²) in [6, 6.07) is 0. The molecule has 0 saturated heterocycles.